The molecule has 0 aliphatic carbocycles. The normalized spacial score (nSPS) is 10.5. The van der Waals surface area contributed by atoms with Gasteiger partial charge in [0.25, 0.3) is 0 Å². The SMILES string of the molecule is CCc1ccc(NC(=O)Cn2nnc(C(=O)O)c2CC)cc1. The standard InChI is InChI=1S/C15H18N4O3/c1-3-10-5-7-11(8-6-10)16-13(20)9-19-12(4-2)14(15(21)22)17-18-19/h5-8H,3-4,9H2,1-2H3,(H,16,20)(H,21,22). The Labute approximate surface area is 128 Å². The summed E-state index contributed by atoms with van der Waals surface area (Å²) < 4.78 is 1.32. The number of aromatic carboxylic acids is 1. The van der Waals surface area contributed by atoms with E-state index in [9.17, 15) is 9.59 Å². The maximum Gasteiger partial charge on any atom is 0.358 e. The third-order valence-electron chi connectivity index (χ3n) is 3.31. The average Bonchev–Trinajstić information content (AvgIpc) is 2.90. The van der Waals surface area contributed by atoms with Crippen LogP contribution in [0.1, 0.15) is 35.6 Å². The van der Waals surface area contributed by atoms with Gasteiger partial charge < -0.3 is 10.4 Å². The van der Waals surface area contributed by atoms with Gasteiger partial charge in [-0.25, -0.2) is 9.48 Å². The molecule has 0 saturated carbocycles. The van der Waals surface area contributed by atoms with Gasteiger partial charge in [-0.3, -0.25) is 4.79 Å². The Hall–Kier alpha value is -2.70. The Bertz CT molecular complexity index is 677. The number of carbonyl (C=O) groups excluding carboxylic acids is 1. The van der Waals surface area contributed by atoms with E-state index in [0.29, 0.717) is 17.8 Å². The summed E-state index contributed by atoms with van der Waals surface area (Å²) in [6, 6.07) is 7.57. The number of carboxylic acid groups (broad SMARTS) is 1. The lowest BCUT2D eigenvalue weighted by Gasteiger charge is -2.07. The van der Waals surface area contributed by atoms with Crippen LogP contribution in [0.2, 0.25) is 0 Å². The maximum absolute atomic E-state index is 12.0. The van der Waals surface area contributed by atoms with E-state index in [1.807, 2.05) is 24.3 Å². The van der Waals surface area contributed by atoms with E-state index in [4.69, 9.17) is 5.11 Å². The van der Waals surface area contributed by atoms with Crippen LogP contribution in [0, 0.1) is 0 Å². The van der Waals surface area contributed by atoms with Gasteiger partial charge in [-0.15, -0.1) is 5.10 Å². The molecule has 0 radical (unpaired) electrons. The van der Waals surface area contributed by atoms with Crippen molar-refractivity contribution in [1.82, 2.24) is 15.0 Å². The Kier molecular flexibility index (Phi) is 4.88. The molecule has 0 spiro atoms. The van der Waals surface area contributed by atoms with Crippen molar-refractivity contribution in [1.29, 1.82) is 0 Å². The number of nitrogens with one attached hydrogen (secondary N) is 1. The van der Waals surface area contributed by atoms with E-state index < -0.39 is 5.97 Å². The molecule has 116 valence electrons. The lowest BCUT2D eigenvalue weighted by molar-refractivity contribution is -0.117. The third kappa shape index (κ3) is 3.49. The highest BCUT2D eigenvalue weighted by molar-refractivity contribution is 5.91. The minimum atomic E-state index is -1.14. The molecule has 0 aliphatic heterocycles. The van der Waals surface area contributed by atoms with Crippen molar-refractivity contribution in [2.75, 3.05) is 5.32 Å². The number of aryl methyl sites for hydroxylation is 1. The molecule has 22 heavy (non-hydrogen) atoms. The van der Waals surface area contributed by atoms with Gasteiger partial charge in [0.15, 0.2) is 5.69 Å². The van der Waals surface area contributed by atoms with Crippen molar-refractivity contribution in [2.24, 2.45) is 0 Å². The molecule has 1 amide bonds. The molecule has 2 aromatic rings. The fourth-order valence-corrected chi connectivity index (χ4v) is 2.14. The molecule has 1 heterocycles. The van der Waals surface area contributed by atoms with Crippen LogP contribution in [0.3, 0.4) is 0 Å². The highest BCUT2D eigenvalue weighted by Crippen LogP contribution is 2.11. The Morgan fingerprint density at radius 1 is 1.18 bits per heavy atom. The van der Waals surface area contributed by atoms with Crippen LogP contribution in [-0.4, -0.2) is 32.0 Å². The summed E-state index contributed by atoms with van der Waals surface area (Å²) in [5.41, 5.74) is 2.21. The number of aromatic nitrogens is 3. The Morgan fingerprint density at radius 3 is 2.41 bits per heavy atom. The predicted octanol–water partition coefficient (Wildman–Crippen LogP) is 1.74. The first-order chi connectivity index (χ1) is 10.5. The first-order valence-electron chi connectivity index (χ1n) is 7.09. The van der Waals surface area contributed by atoms with Gasteiger partial charge in [0.05, 0.1) is 5.69 Å². The smallest absolute Gasteiger partial charge is 0.358 e. The van der Waals surface area contributed by atoms with Crippen molar-refractivity contribution in [3.63, 3.8) is 0 Å². The van der Waals surface area contributed by atoms with Gasteiger partial charge in [-0.1, -0.05) is 31.2 Å². The molecule has 7 nitrogen and oxygen atoms in total. The molecule has 2 rings (SSSR count). The molecule has 0 fully saturated rings. The van der Waals surface area contributed by atoms with Gasteiger partial charge in [0.1, 0.15) is 6.54 Å². The number of nitrogens with zero attached hydrogens (tertiary/aromatic N) is 3. The summed E-state index contributed by atoms with van der Waals surface area (Å²) in [5, 5.41) is 19.1. The van der Waals surface area contributed by atoms with Gasteiger partial charge in [0, 0.05) is 5.69 Å². The molecule has 0 bridgehead atoms. The van der Waals surface area contributed by atoms with Gasteiger partial charge in [-0.2, -0.15) is 0 Å². The highest BCUT2D eigenvalue weighted by Gasteiger charge is 2.18. The molecule has 2 N–H and O–H groups in total. The van der Waals surface area contributed by atoms with Crippen LogP contribution in [0.25, 0.3) is 0 Å². The molecular formula is C15H18N4O3. The maximum atomic E-state index is 12.0. The second-order valence-corrected chi connectivity index (χ2v) is 4.80. The minimum Gasteiger partial charge on any atom is -0.476 e. The van der Waals surface area contributed by atoms with Crippen LogP contribution in [-0.2, 0) is 24.2 Å². The average molecular weight is 302 g/mol. The van der Waals surface area contributed by atoms with Crippen molar-refractivity contribution in [2.45, 2.75) is 33.2 Å². The Morgan fingerprint density at radius 2 is 1.86 bits per heavy atom. The fraction of sp³-hybridized carbons (Fsp3) is 0.333. The van der Waals surface area contributed by atoms with Crippen molar-refractivity contribution in [3.8, 4) is 0 Å². The van der Waals surface area contributed by atoms with E-state index in [-0.39, 0.29) is 18.1 Å². The number of amides is 1. The molecule has 0 atom stereocenters. The van der Waals surface area contributed by atoms with E-state index in [1.54, 1.807) is 6.92 Å². The molecule has 0 unspecified atom stereocenters. The minimum absolute atomic E-state index is 0.0705. The number of benzene rings is 1. The molecule has 0 aliphatic rings. The van der Waals surface area contributed by atoms with Gasteiger partial charge >= 0.3 is 5.97 Å². The summed E-state index contributed by atoms with van der Waals surface area (Å²) in [5.74, 6) is -1.42. The predicted molar refractivity (Wildman–Crippen MR) is 80.8 cm³/mol. The summed E-state index contributed by atoms with van der Waals surface area (Å²) in [7, 11) is 0. The highest BCUT2D eigenvalue weighted by atomic mass is 16.4. The summed E-state index contributed by atoms with van der Waals surface area (Å²) >= 11 is 0. The third-order valence-corrected chi connectivity index (χ3v) is 3.31. The molecule has 7 heteroatoms. The van der Waals surface area contributed by atoms with Crippen molar-refractivity contribution < 1.29 is 14.7 Å². The molecule has 1 aromatic carbocycles. The number of carbonyl (C=O) groups is 2. The van der Waals surface area contributed by atoms with Crippen LogP contribution < -0.4 is 5.32 Å². The first kappa shape index (κ1) is 15.7. The molecule has 0 saturated heterocycles. The lowest BCUT2D eigenvalue weighted by atomic mass is 10.1. The van der Waals surface area contributed by atoms with Crippen LogP contribution >= 0.6 is 0 Å². The first-order valence-corrected chi connectivity index (χ1v) is 7.09. The Balaban J connectivity index is 2.07. The van der Waals surface area contributed by atoms with Crippen molar-refractivity contribution in [3.05, 3.63) is 41.2 Å². The topological polar surface area (TPSA) is 97.1 Å². The second-order valence-electron chi connectivity index (χ2n) is 4.80. The zero-order valence-corrected chi connectivity index (χ0v) is 12.5. The van der Waals surface area contributed by atoms with Crippen LogP contribution in [0.5, 0.6) is 0 Å². The zero-order valence-electron chi connectivity index (χ0n) is 12.5. The van der Waals surface area contributed by atoms with E-state index in [1.165, 1.54) is 10.2 Å². The van der Waals surface area contributed by atoms with E-state index in [2.05, 4.69) is 22.6 Å². The lowest BCUT2D eigenvalue weighted by Crippen LogP contribution is -2.21. The summed E-state index contributed by atoms with van der Waals surface area (Å²) in [6.45, 7) is 3.78. The largest absolute Gasteiger partial charge is 0.476 e. The van der Waals surface area contributed by atoms with Crippen LogP contribution in [0.4, 0.5) is 5.69 Å². The van der Waals surface area contributed by atoms with Crippen molar-refractivity contribution >= 4 is 17.6 Å². The van der Waals surface area contributed by atoms with Crippen LogP contribution in [0.15, 0.2) is 24.3 Å². The second kappa shape index (κ2) is 6.84. The summed E-state index contributed by atoms with van der Waals surface area (Å²) in [4.78, 5) is 23.1. The number of hydrogen-bond acceptors (Lipinski definition) is 4. The number of carboxylic acids is 1. The summed E-state index contributed by atoms with van der Waals surface area (Å²) in [6.07, 6.45) is 1.37. The zero-order chi connectivity index (χ0) is 16.1. The number of anilines is 1. The monoisotopic (exact) mass is 302 g/mol. The fourth-order valence-electron chi connectivity index (χ4n) is 2.14. The number of hydrogen-bond donors (Lipinski definition) is 2. The van der Waals surface area contributed by atoms with Gasteiger partial charge in [0.2, 0.25) is 5.91 Å². The molecule has 1 aromatic heterocycles. The molecular weight excluding hydrogens is 284 g/mol. The van der Waals surface area contributed by atoms with E-state index >= 15 is 0 Å². The number of rotatable bonds is 6. The van der Waals surface area contributed by atoms with E-state index in [0.717, 1.165) is 6.42 Å². The van der Waals surface area contributed by atoms with Gasteiger partial charge in [-0.05, 0) is 30.5 Å². The quantitative estimate of drug-likeness (QED) is 0.847.